The number of nitrogens with zero attached hydrogens (tertiary/aromatic N) is 1. The fourth-order valence-electron chi connectivity index (χ4n) is 3.41. The lowest BCUT2D eigenvalue weighted by Crippen LogP contribution is -2.27. The van der Waals surface area contributed by atoms with Crippen LogP contribution in [0.1, 0.15) is 30.0 Å². The Bertz CT molecular complexity index is 1130. The zero-order valence-corrected chi connectivity index (χ0v) is 17.9. The molecule has 0 aromatic heterocycles. The lowest BCUT2D eigenvalue weighted by atomic mass is 10.0. The summed E-state index contributed by atoms with van der Waals surface area (Å²) in [5.41, 5.74) is 2.91. The van der Waals surface area contributed by atoms with Crippen LogP contribution in [-0.4, -0.2) is 22.7 Å². The van der Waals surface area contributed by atoms with Crippen molar-refractivity contribution in [3.05, 3.63) is 82.3 Å². The van der Waals surface area contributed by atoms with E-state index in [1.807, 2.05) is 67.6 Å². The number of thioether (sulfide) groups is 1. The highest BCUT2D eigenvalue weighted by Gasteiger charge is 2.35. The van der Waals surface area contributed by atoms with Crippen molar-refractivity contribution in [1.29, 1.82) is 0 Å². The second-order valence-electron chi connectivity index (χ2n) is 7.30. The number of rotatable bonds is 6. The predicted molar refractivity (Wildman–Crippen MR) is 122 cm³/mol. The molecule has 0 bridgehead atoms. The molecule has 1 aliphatic heterocycles. The summed E-state index contributed by atoms with van der Waals surface area (Å²) in [6.07, 6.45) is 2.69. The van der Waals surface area contributed by atoms with Gasteiger partial charge >= 0.3 is 0 Å². The van der Waals surface area contributed by atoms with Gasteiger partial charge in [0.25, 0.3) is 11.1 Å². The van der Waals surface area contributed by atoms with E-state index in [4.69, 9.17) is 4.74 Å². The second-order valence-corrected chi connectivity index (χ2v) is 8.29. The van der Waals surface area contributed by atoms with Gasteiger partial charge in [0.2, 0.25) is 0 Å². The highest BCUT2D eigenvalue weighted by Crippen LogP contribution is 2.37. The fraction of sp³-hybridized carbons (Fsp3) is 0.200. The number of fused-ring (bicyclic) bond motifs is 1. The molecule has 30 heavy (non-hydrogen) atoms. The summed E-state index contributed by atoms with van der Waals surface area (Å²) in [5.74, 6) is 0.459. The quantitative estimate of drug-likeness (QED) is 0.450. The Labute approximate surface area is 180 Å². The van der Waals surface area contributed by atoms with Crippen LogP contribution in [0.25, 0.3) is 16.8 Å². The standard InChI is InChI=1S/C25H23NO3S/c1-3-14-29-22-13-12-19-6-4-5-7-20(19)21(22)15-23-24(27)26(25(28)30-23)16-18-10-8-17(2)9-11-18/h4-13,15H,3,14,16H2,1-2H3/b23-15-. The molecule has 4 nitrogen and oxygen atoms in total. The lowest BCUT2D eigenvalue weighted by molar-refractivity contribution is -0.123. The van der Waals surface area contributed by atoms with Crippen molar-refractivity contribution in [2.75, 3.05) is 6.61 Å². The number of imide groups is 1. The first-order valence-corrected chi connectivity index (χ1v) is 10.8. The third-order valence-corrected chi connectivity index (χ3v) is 5.91. The largest absolute Gasteiger partial charge is 0.493 e. The number of benzene rings is 3. The van der Waals surface area contributed by atoms with E-state index in [-0.39, 0.29) is 17.7 Å². The molecule has 0 atom stereocenters. The van der Waals surface area contributed by atoms with E-state index < -0.39 is 0 Å². The van der Waals surface area contributed by atoms with Gasteiger partial charge in [-0.05, 0) is 53.6 Å². The van der Waals surface area contributed by atoms with E-state index in [0.717, 1.165) is 51.4 Å². The maximum Gasteiger partial charge on any atom is 0.293 e. The molecule has 1 heterocycles. The molecule has 4 rings (SSSR count). The molecule has 0 N–H and O–H groups in total. The topological polar surface area (TPSA) is 46.6 Å². The van der Waals surface area contributed by atoms with Gasteiger partial charge in [-0.2, -0.15) is 0 Å². The highest BCUT2D eigenvalue weighted by molar-refractivity contribution is 8.18. The van der Waals surface area contributed by atoms with Crippen molar-refractivity contribution in [3.8, 4) is 5.75 Å². The molecule has 2 amide bonds. The summed E-state index contributed by atoms with van der Waals surface area (Å²) >= 11 is 0.983. The van der Waals surface area contributed by atoms with Gasteiger partial charge in [0.05, 0.1) is 18.1 Å². The first kappa shape index (κ1) is 20.2. The molecular weight excluding hydrogens is 394 g/mol. The first-order valence-electron chi connectivity index (χ1n) is 10.0. The number of hydrogen-bond acceptors (Lipinski definition) is 4. The Hall–Kier alpha value is -3.05. The van der Waals surface area contributed by atoms with Crippen molar-refractivity contribution >= 4 is 39.8 Å². The maximum absolute atomic E-state index is 13.0. The van der Waals surface area contributed by atoms with Crippen molar-refractivity contribution in [1.82, 2.24) is 4.90 Å². The number of carbonyl (C=O) groups is 2. The zero-order chi connectivity index (χ0) is 21.1. The van der Waals surface area contributed by atoms with E-state index >= 15 is 0 Å². The van der Waals surface area contributed by atoms with Gasteiger partial charge in [-0.3, -0.25) is 14.5 Å². The number of ether oxygens (including phenoxy) is 1. The summed E-state index contributed by atoms with van der Waals surface area (Å²) in [7, 11) is 0. The average molecular weight is 418 g/mol. The van der Waals surface area contributed by atoms with Crippen molar-refractivity contribution in [2.24, 2.45) is 0 Å². The molecule has 0 radical (unpaired) electrons. The van der Waals surface area contributed by atoms with E-state index in [1.54, 1.807) is 6.08 Å². The second kappa shape index (κ2) is 8.76. The van der Waals surface area contributed by atoms with Crippen LogP contribution in [0.2, 0.25) is 0 Å². The summed E-state index contributed by atoms with van der Waals surface area (Å²) in [6.45, 7) is 4.93. The molecule has 3 aromatic rings. The number of amides is 2. The smallest absolute Gasteiger partial charge is 0.293 e. The Balaban J connectivity index is 1.69. The molecule has 0 aliphatic carbocycles. The normalized spacial score (nSPS) is 15.4. The van der Waals surface area contributed by atoms with Gasteiger partial charge in [-0.1, -0.05) is 67.1 Å². The molecule has 1 aliphatic rings. The van der Waals surface area contributed by atoms with E-state index in [9.17, 15) is 9.59 Å². The third kappa shape index (κ3) is 4.12. The third-order valence-electron chi connectivity index (χ3n) is 5.00. The van der Waals surface area contributed by atoms with Crippen LogP contribution < -0.4 is 4.74 Å². The van der Waals surface area contributed by atoms with Crippen LogP contribution in [0.3, 0.4) is 0 Å². The minimum absolute atomic E-state index is 0.247. The van der Waals surface area contributed by atoms with Gasteiger partial charge in [0.15, 0.2) is 0 Å². The first-order chi connectivity index (χ1) is 14.6. The molecule has 0 unspecified atom stereocenters. The minimum Gasteiger partial charge on any atom is -0.493 e. The SMILES string of the molecule is CCCOc1ccc2ccccc2c1/C=C1\SC(=O)N(Cc2ccc(C)cc2)C1=O. The van der Waals surface area contributed by atoms with Crippen molar-refractivity contribution in [2.45, 2.75) is 26.8 Å². The van der Waals surface area contributed by atoms with E-state index in [1.165, 1.54) is 4.90 Å². The molecule has 0 spiro atoms. The molecule has 0 saturated carbocycles. The molecule has 1 fully saturated rings. The maximum atomic E-state index is 13.0. The Kier molecular flexibility index (Phi) is 5.91. The molecule has 1 saturated heterocycles. The van der Waals surface area contributed by atoms with Gasteiger partial charge in [0, 0.05) is 5.56 Å². The average Bonchev–Trinajstić information content (AvgIpc) is 3.02. The van der Waals surface area contributed by atoms with Crippen molar-refractivity contribution in [3.63, 3.8) is 0 Å². The van der Waals surface area contributed by atoms with Gasteiger partial charge in [0.1, 0.15) is 5.75 Å². The molecule has 3 aromatic carbocycles. The molecule has 152 valence electrons. The Morgan fingerprint density at radius 3 is 2.53 bits per heavy atom. The van der Waals surface area contributed by atoms with E-state index in [0.29, 0.717) is 11.5 Å². The Morgan fingerprint density at radius 1 is 1.00 bits per heavy atom. The summed E-state index contributed by atoms with van der Waals surface area (Å²) in [5, 5.41) is 1.81. The molecular formula is C25H23NO3S. The Morgan fingerprint density at radius 2 is 1.77 bits per heavy atom. The predicted octanol–water partition coefficient (Wildman–Crippen LogP) is 6.17. The number of hydrogen-bond donors (Lipinski definition) is 0. The van der Waals surface area contributed by atoms with E-state index in [2.05, 4.69) is 6.92 Å². The van der Waals surface area contributed by atoms with Crippen LogP contribution >= 0.6 is 11.8 Å². The number of aryl methyl sites for hydroxylation is 1. The minimum atomic E-state index is -0.264. The number of carbonyl (C=O) groups excluding carboxylic acids is 2. The van der Waals surface area contributed by atoms with Crippen LogP contribution in [0.15, 0.2) is 65.6 Å². The summed E-state index contributed by atoms with van der Waals surface area (Å²) < 4.78 is 5.94. The van der Waals surface area contributed by atoms with Crippen LogP contribution in [0.5, 0.6) is 5.75 Å². The zero-order valence-electron chi connectivity index (χ0n) is 17.1. The van der Waals surface area contributed by atoms with Crippen LogP contribution in [0.4, 0.5) is 4.79 Å². The lowest BCUT2D eigenvalue weighted by Gasteiger charge is -2.13. The van der Waals surface area contributed by atoms with Gasteiger partial charge in [-0.25, -0.2) is 0 Å². The summed E-state index contributed by atoms with van der Waals surface area (Å²) in [4.78, 5) is 27.3. The highest BCUT2D eigenvalue weighted by atomic mass is 32.2. The molecule has 5 heteroatoms. The van der Waals surface area contributed by atoms with Crippen LogP contribution in [0, 0.1) is 6.92 Å². The van der Waals surface area contributed by atoms with Gasteiger partial charge < -0.3 is 4.74 Å². The summed E-state index contributed by atoms with van der Waals surface area (Å²) in [6, 6.07) is 19.8. The monoisotopic (exact) mass is 417 g/mol. The fourth-order valence-corrected chi connectivity index (χ4v) is 4.23. The van der Waals surface area contributed by atoms with Crippen molar-refractivity contribution < 1.29 is 14.3 Å². The van der Waals surface area contributed by atoms with Crippen LogP contribution in [-0.2, 0) is 11.3 Å². The van der Waals surface area contributed by atoms with Gasteiger partial charge in [-0.15, -0.1) is 0 Å².